The van der Waals surface area contributed by atoms with E-state index < -0.39 is 16.1 Å². The average molecular weight is 359 g/mol. The number of aryl methyl sites for hydroxylation is 1. The molecule has 2 aromatic rings. The maximum atomic E-state index is 12.8. The molecule has 23 heavy (non-hydrogen) atoms. The summed E-state index contributed by atoms with van der Waals surface area (Å²) in [5.74, 6) is 1.16. The zero-order valence-electron chi connectivity index (χ0n) is 12.8. The molecule has 0 aliphatic carbocycles. The van der Waals surface area contributed by atoms with Crippen LogP contribution in [-0.2, 0) is 21.2 Å². The summed E-state index contributed by atoms with van der Waals surface area (Å²) in [6.07, 6.45) is 0.0611. The summed E-state index contributed by atoms with van der Waals surface area (Å²) in [6, 6.07) is 1.64. The van der Waals surface area contributed by atoms with Gasteiger partial charge in [0.05, 0.1) is 13.7 Å². The van der Waals surface area contributed by atoms with Gasteiger partial charge in [-0.15, -0.1) is 21.5 Å². The number of sulfonamides is 1. The molecule has 126 valence electrons. The van der Waals surface area contributed by atoms with Crippen LogP contribution < -0.4 is 4.74 Å². The van der Waals surface area contributed by atoms with Gasteiger partial charge in [0.2, 0.25) is 11.8 Å². The standard InChI is InChI=1S/C13H17N3O5S2/c1-3-11-14-15-12(21-11)10-8-16(5-6-20-10)23(17,18)13-9(19-2)4-7-22-13/h4,7,10H,3,5-6,8H2,1-2H3/t10-/m1/s1. The van der Waals surface area contributed by atoms with Gasteiger partial charge in [-0.25, -0.2) is 8.42 Å². The van der Waals surface area contributed by atoms with Crippen molar-refractivity contribution >= 4 is 21.4 Å². The van der Waals surface area contributed by atoms with E-state index in [-0.39, 0.29) is 23.9 Å². The average Bonchev–Trinajstić information content (AvgIpc) is 3.24. The first kappa shape index (κ1) is 16.4. The van der Waals surface area contributed by atoms with E-state index in [1.54, 1.807) is 11.4 Å². The van der Waals surface area contributed by atoms with Crippen LogP contribution >= 0.6 is 11.3 Å². The van der Waals surface area contributed by atoms with Crippen LogP contribution in [0.3, 0.4) is 0 Å². The number of rotatable bonds is 5. The SMILES string of the molecule is CCc1nnc([C@H]2CN(S(=O)(=O)c3sccc3OC)CCO2)o1. The third kappa shape index (κ3) is 3.11. The number of nitrogens with zero attached hydrogens (tertiary/aromatic N) is 3. The Bertz CT molecular complexity index is 770. The van der Waals surface area contributed by atoms with Crippen molar-refractivity contribution in [3.05, 3.63) is 23.2 Å². The Kier molecular flexibility index (Phi) is 4.67. The molecule has 1 aliphatic rings. The maximum Gasteiger partial charge on any atom is 0.256 e. The quantitative estimate of drug-likeness (QED) is 0.797. The van der Waals surface area contributed by atoms with Crippen LogP contribution in [0, 0.1) is 0 Å². The Morgan fingerprint density at radius 2 is 2.30 bits per heavy atom. The lowest BCUT2D eigenvalue weighted by Gasteiger charge is -2.30. The molecule has 8 nitrogen and oxygen atoms in total. The minimum Gasteiger partial charge on any atom is -0.494 e. The molecule has 0 saturated carbocycles. The Labute approximate surface area is 138 Å². The minimum atomic E-state index is -3.64. The van der Waals surface area contributed by atoms with E-state index >= 15 is 0 Å². The molecule has 1 aliphatic heterocycles. The monoisotopic (exact) mass is 359 g/mol. The number of thiophene rings is 1. The van der Waals surface area contributed by atoms with E-state index in [0.717, 1.165) is 11.3 Å². The smallest absolute Gasteiger partial charge is 0.256 e. The van der Waals surface area contributed by atoms with Crippen LogP contribution in [0.1, 0.15) is 24.8 Å². The highest BCUT2D eigenvalue weighted by atomic mass is 32.2. The molecule has 0 spiro atoms. The highest BCUT2D eigenvalue weighted by Gasteiger charge is 2.36. The van der Waals surface area contributed by atoms with Crippen molar-refractivity contribution in [3.63, 3.8) is 0 Å². The molecule has 0 bridgehead atoms. The van der Waals surface area contributed by atoms with Gasteiger partial charge in [0.25, 0.3) is 10.0 Å². The van der Waals surface area contributed by atoms with E-state index in [1.807, 2.05) is 6.92 Å². The van der Waals surface area contributed by atoms with Crippen LogP contribution in [0.4, 0.5) is 0 Å². The number of aromatic nitrogens is 2. The zero-order valence-corrected chi connectivity index (χ0v) is 14.4. The highest BCUT2D eigenvalue weighted by molar-refractivity contribution is 7.91. The molecule has 3 heterocycles. The summed E-state index contributed by atoms with van der Waals surface area (Å²) in [5.41, 5.74) is 0. The Balaban J connectivity index is 1.83. The number of methoxy groups -OCH3 is 1. The molecule has 0 aromatic carbocycles. The van der Waals surface area contributed by atoms with E-state index in [4.69, 9.17) is 13.9 Å². The molecular formula is C13H17N3O5S2. The van der Waals surface area contributed by atoms with Gasteiger partial charge in [0.15, 0.2) is 4.21 Å². The van der Waals surface area contributed by atoms with Gasteiger partial charge in [-0.3, -0.25) is 0 Å². The van der Waals surface area contributed by atoms with Gasteiger partial charge >= 0.3 is 0 Å². The third-order valence-electron chi connectivity index (χ3n) is 3.48. The molecule has 1 fully saturated rings. The van der Waals surface area contributed by atoms with Crippen molar-refractivity contribution in [3.8, 4) is 5.75 Å². The summed E-state index contributed by atoms with van der Waals surface area (Å²) in [4.78, 5) is 0. The fourth-order valence-electron chi connectivity index (χ4n) is 2.27. The van der Waals surface area contributed by atoms with Gasteiger partial charge in [-0.2, -0.15) is 4.31 Å². The fourth-order valence-corrected chi connectivity index (χ4v) is 5.11. The number of hydrogen-bond acceptors (Lipinski definition) is 8. The Morgan fingerprint density at radius 1 is 1.48 bits per heavy atom. The summed E-state index contributed by atoms with van der Waals surface area (Å²) in [5, 5.41) is 9.52. The largest absolute Gasteiger partial charge is 0.494 e. The van der Waals surface area contributed by atoms with E-state index in [2.05, 4.69) is 10.2 Å². The summed E-state index contributed by atoms with van der Waals surface area (Å²) < 4.78 is 43.4. The summed E-state index contributed by atoms with van der Waals surface area (Å²) >= 11 is 1.13. The van der Waals surface area contributed by atoms with E-state index in [0.29, 0.717) is 24.0 Å². The molecule has 1 saturated heterocycles. The van der Waals surface area contributed by atoms with Crippen LogP contribution in [0.5, 0.6) is 5.75 Å². The molecule has 3 rings (SSSR count). The Hall–Kier alpha value is -1.49. The molecule has 0 unspecified atom stereocenters. The van der Waals surface area contributed by atoms with Gasteiger partial charge < -0.3 is 13.9 Å². The van der Waals surface area contributed by atoms with Gasteiger partial charge in [-0.1, -0.05) is 6.92 Å². The van der Waals surface area contributed by atoms with Crippen molar-refractivity contribution in [2.75, 3.05) is 26.8 Å². The second-order valence-corrected chi connectivity index (χ2v) is 7.94. The minimum absolute atomic E-state index is 0.134. The van der Waals surface area contributed by atoms with Crippen LogP contribution in [0.25, 0.3) is 0 Å². The molecule has 0 N–H and O–H groups in total. The van der Waals surface area contributed by atoms with Crippen molar-refractivity contribution in [2.45, 2.75) is 23.7 Å². The molecular weight excluding hydrogens is 342 g/mol. The van der Waals surface area contributed by atoms with Crippen LogP contribution in [-0.4, -0.2) is 49.7 Å². The normalized spacial score (nSPS) is 19.8. The second-order valence-electron chi connectivity index (χ2n) is 4.89. The predicted octanol–water partition coefficient (Wildman–Crippen LogP) is 1.46. The molecule has 1 atom stereocenters. The highest BCUT2D eigenvalue weighted by Crippen LogP contribution is 2.34. The molecule has 0 radical (unpaired) electrons. The fraction of sp³-hybridized carbons (Fsp3) is 0.538. The third-order valence-corrected chi connectivity index (χ3v) is 6.77. The maximum absolute atomic E-state index is 12.8. The van der Waals surface area contributed by atoms with Crippen LogP contribution in [0.2, 0.25) is 0 Å². The van der Waals surface area contributed by atoms with E-state index in [9.17, 15) is 8.42 Å². The van der Waals surface area contributed by atoms with Crippen molar-refractivity contribution in [1.29, 1.82) is 0 Å². The van der Waals surface area contributed by atoms with E-state index in [1.165, 1.54) is 11.4 Å². The lowest BCUT2D eigenvalue weighted by atomic mass is 10.3. The molecule has 0 amide bonds. The van der Waals surface area contributed by atoms with Gasteiger partial charge in [-0.05, 0) is 11.4 Å². The van der Waals surface area contributed by atoms with Crippen molar-refractivity contribution in [1.82, 2.24) is 14.5 Å². The van der Waals surface area contributed by atoms with Crippen molar-refractivity contribution in [2.24, 2.45) is 0 Å². The molecule has 10 heteroatoms. The van der Waals surface area contributed by atoms with Crippen LogP contribution in [0.15, 0.2) is 20.1 Å². The number of hydrogen-bond donors (Lipinski definition) is 0. The lowest BCUT2D eigenvalue weighted by Crippen LogP contribution is -2.42. The lowest BCUT2D eigenvalue weighted by molar-refractivity contribution is -0.0177. The first-order chi connectivity index (χ1) is 11.1. The van der Waals surface area contributed by atoms with Gasteiger partial charge in [0.1, 0.15) is 11.9 Å². The number of morpholine rings is 1. The predicted molar refractivity (Wildman–Crippen MR) is 82.0 cm³/mol. The topological polar surface area (TPSA) is 94.8 Å². The summed E-state index contributed by atoms with van der Waals surface area (Å²) in [6.45, 7) is 2.57. The molecule has 2 aromatic heterocycles. The zero-order chi connectivity index (χ0) is 16.4. The summed E-state index contributed by atoms with van der Waals surface area (Å²) in [7, 11) is -2.19. The first-order valence-electron chi connectivity index (χ1n) is 7.11. The Morgan fingerprint density at radius 3 is 3.00 bits per heavy atom. The second kappa shape index (κ2) is 6.56. The number of ether oxygens (including phenoxy) is 2. The first-order valence-corrected chi connectivity index (χ1v) is 9.43. The van der Waals surface area contributed by atoms with Crippen molar-refractivity contribution < 1.29 is 22.3 Å². The van der Waals surface area contributed by atoms with Gasteiger partial charge in [0, 0.05) is 19.5 Å².